The van der Waals surface area contributed by atoms with Crippen molar-refractivity contribution in [3.8, 4) is 0 Å². The molecule has 0 spiro atoms. The van der Waals surface area contributed by atoms with Gasteiger partial charge in [0, 0.05) is 5.41 Å². The van der Waals surface area contributed by atoms with Gasteiger partial charge in [0.1, 0.15) is 6.61 Å². The predicted octanol–water partition coefficient (Wildman–Crippen LogP) is 2.20. The molecule has 1 aromatic rings. The molecule has 2 heteroatoms. The third kappa shape index (κ3) is 1.52. The second kappa shape index (κ2) is 3.12. The molecule has 1 aliphatic rings. The molecule has 2 rings (SSSR count). The van der Waals surface area contributed by atoms with Crippen LogP contribution in [0.1, 0.15) is 24.5 Å². The Hall–Kier alpha value is -1.31. The second-order valence-corrected chi connectivity index (χ2v) is 4.27. The van der Waals surface area contributed by atoms with Gasteiger partial charge in [-0.25, -0.2) is 0 Å². The Kier molecular flexibility index (Phi) is 2.06. The molecule has 0 amide bonds. The number of benzene rings is 1. The van der Waals surface area contributed by atoms with Gasteiger partial charge in [0.05, 0.1) is 6.42 Å². The fourth-order valence-corrected chi connectivity index (χ4v) is 1.87. The summed E-state index contributed by atoms with van der Waals surface area (Å²) in [5.74, 6) is -0.0889. The van der Waals surface area contributed by atoms with Crippen LogP contribution in [0.2, 0.25) is 0 Å². The number of carbonyl (C=O) groups is 1. The molecule has 1 aliphatic heterocycles. The van der Waals surface area contributed by atoms with E-state index in [4.69, 9.17) is 4.74 Å². The zero-order chi connectivity index (χ0) is 10.2. The molecule has 1 atom stereocenters. The van der Waals surface area contributed by atoms with Gasteiger partial charge in [-0.2, -0.15) is 0 Å². The van der Waals surface area contributed by atoms with Crippen molar-refractivity contribution < 1.29 is 9.53 Å². The lowest BCUT2D eigenvalue weighted by Gasteiger charge is -2.20. The van der Waals surface area contributed by atoms with Gasteiger partial charge in [0.15, 0.2) is 0 Å². The lowest BCUT2D eigenvalue weighted by molar-refractivity contribution is -0.137. The molecule has 0 saturated carbocycles. The van der Waals surface area contributed by atoms with Crippen molar-refractivity contribution in [3.63, 3.8) is 0 Å². The fraction of sp³-hybridized carbons (Fsp3) is 0.417. The number of hydrogen-bond donors (Lipinski definition) is 0. The maximum absolute atomic E-state index is 11.1. The highest BCUT2D eigenvalue weighted by molar-refractivity contribution is 5.74. The summed E-state index contributed by atoms with van der Waals surface area (Å²) in [5.41, 5.74) is 2.30. The molecular formula is C12H14O2. The largest absolute Gasteiger partial charge is 0.465 e. The van der Waals surface area contributed by atoms with E-state index in [0.29, 0.717) is 13.0 Å². The number of esters is 1. The van der Waals surface area contributed by atoms with E-state index in [1.54, 1.807) is 0 Å². The zero-order valence-electron chi connectivity index (χ0n) is 8.54. The van der Waals surface area contributed by atoms with Crippen molar-refractivity contribution in [1.82, 2.24) is 0 Å². The normalized spacial score (nSPS) is 26.3. The first-order valence-electron chi connectivity index (χ1n) is 4.83. The van der Waals surface area contributed by atoms with Crippen molar-refractivity contribution in [2.75, 3.05) is 6.61 Å². The molecule has 0 aromatic heterocycles. The topological polar surface area (TPSA) is 26.3 Å². The highest BCUT2D eigenvalue weighted by Gasteiger charge is 2.37. The number of hydrogen-bond acceptors (Lipinski definition) is 2. The number of cyclic esters (lactones) is 1. The Morgan fingerprint density at radius 3 is 2.79 bits per heavy atom. The van der Waals surface area contributed by atoms with Crippen molar-refractivity contribution >= 4 is 5.97 Å². The Morgan fingerprint density at radius 2 is 2.21 bits per heavy atom. The highest BCUT2D eigenvalue weighted by atomic mass is 16.5. The monoisotopic (exact) mass is 190 g/mol. The van der Waals surface area contributed by atoms with Crippen LogP contribution in [0.3, 0.4) is 0 Å². The van der Waals surface area contributed by atoms with Crippen LogP contribution in [0, 0.1) is 6.92 Å². The number of carbonyl (C=O) groups excluding carboxylic acids is 1. The summed E-state index contributed by atoms with van der Waals surface area (Å²) in [5, 5.41) is 0. The first-order chi connectivity index (χ1) is 6.60. The first-order valence-corrected chi connectivity index (χ1v) is 4.83. The summed E-state index contributed by atoms with van der Waals surface area (Å²) < 4.78 is 5.02. The zero-order valence-corrected chi connectivity index (χ0v) is 8.54. The minimum Gasteiger partial charge on any atom is -0.465 e. The highest BCUT2D eigenvalue weighted by Crippen LogP contribution is 2.33. The fourth-order valence-electron chi connectivity index (χ4n) is 1.87. The maximum atomic E-state index is 11.1. The van der Waals surface area contributed by atoms with Gasteiger partial charge in [-0.15, -0.1) is 0 Å². The van der Waals surface area contributed by atoms with E-state index in [-0.39, 0.29) is 11.4 Å². The lowest BCUT2D eigenvalue weighted by atomic mass is 9.81. The van der Waals surface area contributed by atoms with Crippen LogP contribution in [0.25, 0.3) is 0 Å². The standard InChI is InChI=1S/C12H14O2/c1-9-4-3-5-10(6-9)12(2)7-11(13)14-8-12/h3-6H,7-8H2,1-2H3. The van der Waals surface area contributed by atoms with Crippen LogP contribution < -0.4 is 0 Å². The Bertz CT molecular complexity index is 370. The molecule has 1 saturated heterocycles. The molecule has 0 radical (unpaired) electrons. The second-order valence-electron chi connectivity index (χ2n) is 4.27. The minimum absolute atomic E-state index is 0.0889. The van der Waals surface area contributed by atoms with E-state index in [2.05, 4.69) is 32.0 Å². The summed E-state index contributed by atoms with van der Waals surface area (Å²) in [6, 6.07) is 8.28. The average Bonchev–Trinajstić information content (AvgIpc) is 2.48. The Balaban J connectivity index is 2.34. The summed E-state index contributed by atoms with van der Waals surface area (Å²) in [4.78, 5) is 11.1. The van der Waals surface area contributed by atoms with Crippen molar-refractivity contribution in [2.45, 2.75) is 25.7 Å². The van der Waals surface area contributed by atoms with Crippen molar-refractivity contribution in [1.29, 1.82) is 0 Å². The van der Waals surface area contributed by atoms with E-state index in [9.17, 15) is 4.79 Å². The maximum Gasteiger partial charge on any atom is 0.306 e. The molecule has 1 aromatic carbocycles. The SMILES string of the molecule is Cc1cccc(C2(C)COC(=O)C2)c1. The summed E-state index contributed by atoms with van der Waals surface area (Å²) in [7, 11) is 0. The summed E-state index contributed by atoms with van der Waals surface area (Å²) >= 11 is 0. The van der Waals surface area contributed by atoms with Crippen molar-refractivity contribution in [2.24, 2.45) is 0 Å². The van der Waals surface area contributed by atoms with Gasteiger partial charge in [-0.1, -0.05) is 36.8 Å². The average molecular weight is 190 g/mol. The molecule has 0 N–H and O–H groups in total. The quantitative estimate of drug-likeness (QED) is 0.634. The van der Waals surface area contributed by atoms with Gasteiger partial charge in [-0.3, -0.25) is 4.79 Å². The first kappa shape index (κ1) is 9.25. The molecule has 0 bridgehead atoms. The lowest BCUT2D eigenvalue weighted by Crippen LogP contribution is -2.21. The molecule has 74 valence electrons. The van der Waals surface area contributed by atoms with Gasteiger partial charge >= 0.3 is 5.97 Å². The van der Waals surface area contributed by atoms with E-state index in [1.165, 1.54) is 11.1 Å². The third-order valence-corrected chi connectivity index (χ3v) is 2.80. The van der Waals surface area contributed by atoms with E-state index in [1.807, 2.05) is 6.07 Å². The molecule has 1 fully saturated rings. The number of rotatable bonds is 1. The van der Waals surface area contributed by atoms with E-state index >= 15 is 0 Å². The molecule has 14 heavy (non-hydrogen) atoms. The molecule has 0 aliphatic carbocycles. The van der Waals surface area contributed by atoms with Gasteiger partial charge in [-0.05, 0) is 12.5 Å². The molecule has 1 unspecified atom stereocenters. The van der Waals surface area contributed by atoms with E-state index < -0.39 is 0 Å². The van der Waals surface area contributed by atoms with Crippen molar-refractivity contribution in [3.05, 3.63) is 35.4 Å². The van der Waals surface area contributed by atoms with Crippen LogP contribution in [-0.2, 0) is 14.9 Å². The minimum atomic E-state index is -0.122. The molecule has 2 nitrogen and oxygen atoms in total. The Labute approximate surface area is 83.9 Å². The van der Waals surface area contributed by atoms with Crippen LogP contribution in [0.15, 0.2) is 24.3 Å². The van der Waals surface area contributed by atoms with Crippen LogP contribution in [-0.4, -0.2) is 12.6 Å². The third-order valence-electron chi connectivity index (χ3n) is 2.80. The number of aryl methyl sites for hydroxylation is 1. The summed E-state index contributed by atoms with van der Waals surface area (Å²) in [6.45, 7) is 4.65. The smallest absolute Gasteiger partial charge is 0.306 e. The predicted molar refractivity (Wildman–Crippen MR) is 54.1 cm³/mol. The van der Waals surface area contributed by atoms with Gasteiger partial charge in [0.25, 0.3) is 0 Å². The summed E-state index contributed by atoms with van der Waals surface area (Å²) in [6.07, 6.45) is 0.496. The van der Waals surface area contributed by atoms with Crippen LogP contribution in [0.5, 0.6) is 0 Å². The van der Waals surface area contributed by atoms with Gasteiger partial charge in [0.2, 0.25) is 0 Å². The van der Waals surface area contributed by atoms with Gasteiger partial charge < -0.3 is 4.74 Å². The van der Waals surface area contributed by atoms with Crippen LogP contribution in [0.4, 0.5) is 0 Å². The molecule has 1 heterocycles. The molecular weight excluding hydrogens is 176 g/mol. The van der Waals surface area contributed by atoms with E-state index in [0.717, 1.165) is 0 Å². The van der Waals surface area contributed by atoms with Crippen LogP contribution >= 0.6 is 0 Å². The Morgan fingerprint density at radius 1 is 1.43 bits per heavy atom. The number of ether oxygens (including phenoxy) is 1.